The number of nitrogens with one attached hydrogen (secondary N) is 3. The van der Waals surface area contributed by atoms with Crippen molar-refractivity contribution in [3.05, 3.63) is 59.2 Å². The maximum absolute atomic E-state index is 10.3. The lowest BCUT2D eigenvalue weighted by Gasteiger charge is -2.28. The molecule has 1 aromatic carbocycles. The molecule has 3 aromatic heterocycles. The van der Waals surface area contributed by atoms with E-state index in [1.165, 1.54) is 24.0 Å². The Hall–Kier alpha value is -3.01. The van der Waals surface area contributed by atoms with Crippen LogP contribution in [0, 0.1) is 5.92 Å². The Morgan fingerprint density at radius 3 is 2.79 bits per heavy atom. The summed E-state index contributed by atoms with van der Waals surface area (Å²) in [5.41, 5.74) is 4.46. The molecule has 0 bridgehead atoms. The first kappa shape index (κ1) is 21.5. The van der Waals surface area contributed by atoms with Crippen LogP contribution in [0.4, 0.5) is 11.6 Å². The van der Waals surface area contributed by atoms with Gasteiger partial charge in [-0.1, -0.05) is 24.3 Å². The number of rotatable bonds is 8. The Morgan fingerprint density at radius 1 is 1.15 bits per heavy atom. The quantitative estimate of drug-likeness (QED) is 0.308. The van der Waals surface area contributed by atoms with E-state index in [9.17, 15) is 5.11 Å². The zero-order valence-electron chi connectivity index (χ0n) is 18.9. The van der Waals surface area contributed by atoms with E-state index < -0.39 is 0 Å². The normalized spacial score (nSPS) is 20.5. The van der Waals surface area contributed by atoms with Crippen molar-refractivity contribution < 1.29 is 5.11 Å². The molecule has 4 N–H and O–H groups in total. The number of piperidine rings is 1. The Morgan fingerprint density at radius 2 is 2.03 bits per heavy atom. The van der Waals surface area contributed by atoms with Crippen molar-refractivity contribution in [2.45, 2.75) is 37.8 Å². The second-order valence-corrected chi connectivity index (χ2v) is 10.1. The molecule has 2 atom stereocenters. The molecule has 4 aromatic rings. The van der Waals surface area contributed by atoms with Gasteiger partial charge in [-0.2, -0.15) is 9.61 Å². The van der Waals surface area contributed by atoms with E-state index in [-0.39, 0.29) is 12.0 Å². The highest BCUT2D eigenvalue weighted by atomic mass is 32.1. The van der Waals surface area contributed by atoms with Gasteiger partial charge >= 0.3 is 0 Å². The van der Waals surface area contributed by atoms with Crippen molar-refractivity contribution in [1.82, 2.24) is 24.9 Å². The third kappa shape index (κ3) is 4.51. The molecule has 2 aliphatic rings. The maximum Gasteiger partial charge on any atom is 0.163 e. The minimum atomic E-state index is -0.327. The molecule has 34 heavy (non-hydrogen) atoms. The summed E-state index contributed by atoms with van der Waals surface area (Å²) in [5.74, 6) is 2.52. The van der Waals surface area contributed by atoms with Gasteiger partial charge in [-0.25, -0.2) is 9.97 Å². The lowest BCUT2D eigenvalue weighted by Crippen LogP contribution is -2.43. The molecule has 0 spiro atoms. The Balaban J connectivity index is 1.22. The third-order valence-electron chi connectivity index (χ3n) is 6.76. The minimum Gasteiger partial charge on any atom is -0.391 e. The van der Waals surface area contributed by atoms with Crippen molar-refractivity contribution in [1.29, 1.82) is 0 Å². The summed E-state index contributed by atoms with van der Waals surface area (Å²) in [6, 6.07) is 10.5. The molecular formula is C25H29N7OS. The van der Waals surface area contributed by atoms with Crippen molar-refractivity contribution in [2.75, 3.05) is 30.3 Å². The minimum absolute atomic E-state index is 0.222. The van der Waals surface area contributed by atoms with Crippen molar-refractivity contribution in [3.63, 3.8) is 0 Å². The summed E-state index contributed by atoms with van der Waals surface area (Å²) in [4.78, 5) is 9.30. The fraction of sp³-hybridized carbons (Fsp3) is 0.400. The average Bonchev–Trinajstić information content (AvgIpc) is 3.38. The molecule has 4 heterocycles. The third-order valence-corrected chi connectivity index (χ3v) is 7.58. The average molecular weight is 476 g/mol. The molecular weight excluding hydrogens is 446 g/mol. The number of aliphatic hydroxyl groups is 1. The van der Waals surface area contributed by atoms with Gasteiger partial charge in [0.15, 0.2) is 5.65 Å². The van der Waals surface area contributed by atoms with Gasteiger partial charge in [-0.3, -0.25) is 0 Å². The van der Waals surface area contributed by atoms with Crippen molar-refractivity contribution in [3.8, 4) is 10.6 Å². The summed E-state index contributed by atoms with van der Waals surface area (Å²) in [5, 5.41) is 28.3. The lowest BCUT2D eigenvalue weighted by atomic mass is 9.95. The van der Waals surface area contributed by atoms with E-state index in [0.717, 1.165) is 40.8 Å². The summed E-state index contributed by atoms with van der Waals surface area (Å²) >= 11 is 1.65. The number of anilines is 2. The molecule has 0 unspecified atom stereocenters. The highest BCUT2D eigenvalue weighted by Crippen LogP contribution is 2.42. The number of β-amino-alcohol motifs (C(OH)–C–C–N with tert-alkyl or cyclic N) is 1. The van der Waals surface area contributed by atoms with Crippen LogP contribution in [-0.4, -0.2) is 50.4 Å². The zero-order chi connectivity index (χ0) is 22.9. The summed E-state index contributed by atoms with van der Waals surface area (Å²) in [7, 11) is 0. The molecule has 1 saturated carbocycles. The number of hydrogen-bond donors (Lipinski definition) is 4. The molecule has 0 radical (unpaired) electrons. The van der Waals surface area contributed by atoms with Gasteiger partial charge in [-0.05, 0) is 37.3 Å². The smallest absolute Gasteiger partial charge is 0.163 e. The molecule has 176 valence electrons. The fourth-order valence-corrected chi connectivity index (χ4v) is 5.22. The van der Waals surface area contributed by atoms with Crippen LogP contribution < -0.4 is 16.0 Å². The van der Waals surface area contributed by atoms with E-state index in [2.05, 4.69) is 50.3 Å². The summed E-state index contributed by atoms with van der Waals surface area (Å²) in [6.45, 7) is 2.98. The van der Waals surface area contributed by atoms with Gasteiger partial charge in [-0.15, -0.1) is 11.3 Å². The van der Waals surface area contributed by atoms with Crippen LogP contribution in [0.2, 0.25) is 0 Å². The lowest BCUT2D eigenvalue weighted by molar-refractivity contribution is 0.0883. The van der Waals surface area contributed by atoms with E-state index in [1.54, 1.807) is 11.3 Å². The molecule has 9 heteroatoms. The molecule has 2 fully saturated rings. The van der Waals surface area contributed by atoms with Gasteiger partial charge in [0.05, 0.1) is 12.3 Å². The first-order chi connectivity index (χ1) is 16.7. The van der Waals surface area contributed by atoms with Crippen molar-refractivity contribution in [2.24, 2.45) is 5.92 Å². The number of hydrogen-bond acceptors (Lipinski definition) is 8. The SMILES string of the molecule is O[C@H]1CNCC[C@@H]1CNc1cc(NCc2ccc(-c3nccs3)cc2)n2ncc(C3CC3)c2n1. The van der Waals surface area contributed by atoms with Crippen LogP contribution in [0.1, 0.15) is 36.3 Å². The predicted octanol–water partition coefficient (Wildman–Crippen LogP) is 3.72. The van der Waals surface area contributed by atoms with Crippen LogP contribution in [0.5, 0.6) is 0 Å². The van der Waals surface area contributed by atoms with E-state index in [4.69, 9.17) is 4.98 Å². The fourth-order valence-electron chi connectivity index (χ4n) is 4.57. The number of aromatic nitrogens is 4. The zero-order valence-corrected chi connectivity index (χ0v) is 19.8. The Kier molecular flexibility index (Phi) is 5.90. The summed E-state index contributed by atoms with van der Waals surface area (Å²) in [6.07, 6.45) is 6.84. The van der Waals surface area contributed by atoms with Crippen LogP contribution in [-0.2, 0) is 6.54 Å². The largest absolute Gasteiger partial charge is 0.391 e. The molecule has 1 saturated heterocycles. The van der Waals surface area contributed by atoms with Crippen molar-refractivity contribution >= 4 is 28.6 Å². The van der Waals surface area contributed by atoms with Crippen LogP contribution in [0.15, 0.2) is 48.1 Å². The molecule has 1 aliphatic heterocycles. The molecule has 6 rings (SSSR count). The Bertz CT molecular complexity index is 1250. The monoisotopic (exact) mass is 475 g/mol. The van der Waals surface area contributed by atoms with Crippen LogP contribution in [0.3, 0.4) is 0 Å². The highest BCUT2D eigenvalue weighted by Gasteiger charge is 2.28. The highest BCUT2D eigenvalue weighted by molar-refractivity contribution is 7.13. The van der Waals surface area contributed by atoms with Gasteiger partial charge in [0.1, 0.15) is 16.6 Å². The van der Waals surface area contributed by atoms with E-state index >= 15 is 0 Å². The molecule has 0 amide bonds. The second-order valence-electron chi connectivity index (χ2n) is 9.23. The first-order valence-corrected chi connectivity index (χ1v) is 12.9. The van der Waals surface area contributed by atoms with Gasteiger partial charge in [0.2, 0.25) is 0 Å². The van der Waals surface area contributed by atoms with Crippen LogP contribution >= 0.6 is 11.3 Å². The number of fused-ring (bicyclic) bond motifs is 1. The van der Waals surface area contributed by atoms with Crippen LogP contribution in [0.25, 0.3) is 16.2 Å². The number of aliphatic hydroxyl groups excluding tert-OH is 1. The number of nitrogens with zero attached hydrogens (tertiary/aromatic N) is 4. The maximum atomic E-state index is 10.3. The standard InChI is InChI=1S/C25H29N7OS/c33-21-15-26-8-7-19(21)13-28-22-11-23(32-24(31-22)20(14-30-32)17-5-6-17)29-12-16-1-3-18(4-2-16)25-27-9-10-34-25/h1-4,9-11,14,17,19,21,26,29,33H,5-8,12-13,15H2,(H,28,31)/t19-,21+/m1/s1. The molecule has 1 aliphatic carbocycles. The molecule has 8 nitrogen and oxygen atoms in total. The van der Waals surface area contributed by atoms with Gasteiger partial charge in [0, 0.05) is 54.3 Å². The second kappa shape index (κ2) is 9.32. The predicted molar refractivity (Wildman–Crippen MR) is 135 cm³/mol. The Labute approximate surface area is 202 Å². The number of thiazole rings is 1. The van der Waals surface area contributed by atoms with E-state index in [0.29, 0.717) is 25.6 Å². The summed E-state index contributed by atoms with van der Waals surface area (Å²) < 4.78 is 1.92. The number of benzene rings is 1. The first-order valence-electron chi connectivity index (χ1n) is 12.0. The van der Waals surface area contributed by atoms with Gasteiger partial charge in [0.25, 0.3) is 0 Å². The topological polar surface area (TPSA) is 99.4 Å². The van der Waals surface area contributed by atoms with E-state index in [1.807, 2.05) is 28.4 Å². The van der Waals surface area contributed by atoms with Gasteiger partial charge < -0.3 is 21.1 Å².